The molecule has 3 heterocycles. The van der Waals surface area contributed by atoms with Gasteiger partial charge in [-0.05, 0) is 19.8 Å². The summed E-state index contributed by atoms with van der Waals surface area (Å²) in [5, 5.41) is 3.28. The van der Waals surface area contributed by atoms with Gasteiger partial charge in [-0.15, -0.1) is 24.8 Å². The van der Waals surface area contributed by atoms with Gasteiger partial charge in [0.05, 0.1) is 6.04 Å². The van der Waals surface area contributed by atoms with Gasteiger partial charge >= 0.3 is 0 Å². The Morgan fingerprint density at radius 1 is 0.852 bits per heavy atom. The Morgan fingerprint density at radius 3 is 2.04 bits per heavy atom. The number of carbonyl (C=O) groups is 2. The first-order valence-corrected chi connectivity index (χ1v) is 9.89. The maximum absolute atomic E-state index is 12.5. The van der Waals surface area contributed by atoms with Crippen molar-refractivity contribution < 1.29 is 9.59 Å². The molecule has 0 bridgehead atoms. The number of nitrogens with one attached hydrogen (secondary N) is 1. The van der Waals surface area contributed by atoms with E-state index in [1.165, 1.54) is 0 Å². The van der Waals surface area contributed by atoms with E-state index in [4.69, 9.17) is 0 Å². The van der Waals surface area contributed by atoms with E-state index in [1.54, 1.807) is 0 Å². The molecule has 1 unspecified atom stereocenters. The van der Waals surface area contributed by atoms with Crippen molar-refractivity contribution in [1.82, 2.24) is 24.9 Å². The number of amides is 2. The first-order chi connectivity index (χ1) is 12.1. The molecule has 3 aliphatic rings. The molecule has 2 amide bonds. The Balaban J connectivity index is 0.00000182. The maximum atomic E-state index is 12.5. The van der Waals surface area contributed by atoms with Crippen molar-refractivity contribution in [1.29, 1.82) is 0 Å². The Labute approximate surface area is 175 Å². The van der Waals surface area contributed by atoms with Gasteiger partial charge in [0, 0.05) is 78.4 Å². The van der Waals surface area contributed by atoms with E-state index in [0.29, 0.717) is 12.3 Å². The molecule has 3 rings (SSSR count). The molecule has 3 fully saturated rings. The summed E-state index contributed by atoms with van der Waals surface area (Å²) in [4.78, 5) is 33.5. The third-order valence-electron chi connectivity index (χ3n) is 5.84. The Morgan fingerprint density at radius 2 is 1.44 bits per heavy atom. The lowest BCUT2D eigenvalue weighted by Crippen LogP contribution is -2.54. The topological polar surface area (TPSA) is 59.1 Å². The van der Waals surface area contributed by atoms with E-state index in [9.17, 15) is 9.59 Å². The molecule has 0 aromatic heterocycles. The fraction of sp³-hybridized carbons (Fsp3) is 0.889. The molecule has 0 aliphatic carbocycles. The van der Waals surface area contributed by atoms with Crippen LogP contribution in [0.2, 0.25) is 0 Å². The molecule has 0 spiro atoms. The third-order valence-corrected chi connectivity index (χ3v) is 5.84. The summed E-state index contributed by atoms with van der Waals surface area (Å²) in [5.41, 5.74) is 0. The van der Waals surface area contributed by atoms with Gasteiger partial charge in [-0.25, -0.2) is 0 Å². The zero-order valence-electron chi connectivity index (χ0n) is 16.4. The number of halogens is 2. The lowest BCUT2D eigenvalue weighted by molar-refractivity contribution is -0.136. The second-order valence-electron chi connectivity index (χ2n) is 7.47. The van der Waals surface area contributed by atoms with Crippen molar-refractivity contribution in [3.63, 3.8) is 0 Å². The zero-order chi connectivity index (χ0) is 17.6. The highest BCUT2D eigenvalue weighted by Gasteiger charge is 2.30. The highest BCUT2D eigenvalue weighted by atomic mass is 35.5. The second-order valence-corrected chi connectivity index (χ2v) is 7.47. The smallest absolute Gasteiger partial charge is 0.239 e. The first-order valence-electron chi connectivity index (χ1n) is 9.89. The number of hydrogen-bond donors (Lipinski definition) is 1. The lowest BCUT2D eigenvalue weighted by Gasteiger charge is -2.38. The summed E-state index contributed by atoms with van der Waals surface area (Å²) in [6.45, 7) is 12.0. The van der Waals surface area contributed by atoms with Crippen LogP contribution in [0.15, 0.2) is 0 Å². The summed E-state index contributed by atoms with van der Waals surface area (Å²) in [5.74, 6) is 0.571. The van der Waals surface area contributed by atoms with Crippen LogP contribution in [0.3, 0.4) is 0 Å². The number of carbonyl (C=O) groups excluding carboxylic acids is 2. The van der Waals surface area contributed by atoms with Crippen LogP contribution in [0.25, 0.3) is 0 Å². The van der Waals surface area contributed by atoms with Gasteiger partial charge in [-0.2, -0.15) is 0 Å². The van der Waals surface area contributed by atoms with E-state index in [2.05, 4.69) is 15.1 Å². The van der Waals surface area contributed by atoms with Crippen LogP contribution in [0.1, 0.15) is 26.2 Å². The van der Waals surface area contributed by atoms with Crippen molar-refractivity contribution in [2.75, 3.05) is 72.0 Å². The van der Waals surface area contributed by atoms with Gasteiger partial charge in [0.25, 0.3) is 0 Å². The summed E-state index contributed by atoms with van der Waals surface area (Å²) in [6.07, 6.45) is 2.91. The molecule has 0 radical (unpaired) electrons. The van der Waals surface area contributed by atoms with Crippen LogP contribution in [-0.4, -0.2) is 109 Å². The van der Waals surface area contributed by atoms with E-state index in [1.807, 2.05) is 16.7 Å². The number of rotatable bonds is 5. The summed E-state index contributed by atoms with van der Waals surface area (Å²) in [7, 11) is 0. The molecule has 3 saturated heterocycles. The summed E-state index contributed by atoms with van der Waals surface area (Å²) < 4.78 is 0. The van der Waals surface area contributed by atoms with Crippen molar-refractivity contribution >= 4 is 36.6 Å². The minimum Gasteiger partial charge on any atom is -0.341 e. The van der Waals surface area contributed by atoms with Crippen LogP contribution in [0.4, 0.5) is 0 Å². The molecule has 0 aromatic carbocycles. The predicted octanol–water partition coefficient (Wildman–Crippen LogP) is 0.280. The number of piperazine rings is 2. The minimum absolute atomic E-state index is 0. The van der Waals surface area contributed by atoms with Gasteiger partial charge in [0.2, 0.25) is 11.8 Å². The van der Waals surface area contributed by atoms with Crippen LogP contribution in [0.5, 0.6) is 0 Å². The SMILES string of the molecule is CC(C(=O)N1CCCC1)N1CCN(CCC(=O)N2CCNCC2)CC1.Cl.Cl. The Kier molecular flexibility index (Phi) is 10.9. The zero-order valence-corrected chi connectivity index (χ0v) is 18.0. The average molecular weight is 424 g/mol. The van der Waals surface area contributed by atoms with Crippen molar-refractivity contribution in [2.24, 2.45) is 0 Å². The molecule has 1 atom stereocenters. The predicted molar refractivity (Wildman–Crippen MR) is 112 cm³/mol. The molecule has 0 aromatic rings. The highest BCUT2D eigenvalue weighted by Crippen LogP contribution is 2.14. The van der Waals surface area contributed by atoms with Gasteiger partial charge in [0.15, 0.2) is 0 Å². The molecule has 7 nitrogen and oxygen atoms in total. The summed E-state index contributed by atoms with van der Waals surface area (Å²) in [6, 6.07) is -0.0114. The molecule has 1 N–H and O–H groups in total. The fourth-order valence-electron chi connectivity index (χ4n) is 4.06. The van der Waals surface area contributed by atoms with Crippen LogP contribution in [-0.2, 0) is 9.59 Å². The summed E-state index contributed by atoms with van der Waals surface area (Å²) >= 11 is 0. The molecule has 0 saturated carbocycles. The molecular formula is C18H35Cl2N5O2. The van der Waals surface area contributed by atoms with Gasteiger partial charge in [0.1, 0.15) is 0 Å². The van der Waals surface area contributed by atoms with Crippen LogP contribution < -0.4 is 5.32 Å². The van der Waals surface area contributed by atoms with E-state index in [-0.39, 0.29) is 36.8 Å². The monoisotopic (exact) mass is 423 g/mol. The molecule has 3 aliphatic heterocycles. The second kappa shape index (κ2) is 12.1. The quantitative estimate of drug-likeness (QED) is 0.687. The minimum atomic E-state index is -0.0114. The van der Waals surface area contributed by atoms with Crippen LogP contribution in [0, 0.1) is 0 Å². The number of likely N-dealkylation sites (tertiary alicyclic amines) is 1. The number of nitrogens with zero attached hydrogens (tertiary/aromatic N) is 4. The van der Waals surface area contributed by atoms with E-state index >= 15 is 0 Å². The first kappa shape index (κ1) is 24.4. The molecular weight excluding hydrogens is 389 g/mol. The lowest BCUT2D eigenvalue weighted by atomic mass is 10.2. The van der Waals surface area contributed by atoms with Crippen molar-refractivity contribution in [2.45, 2.75) is 32.2 Å². The Hall–Kier alpha value is -0.600. The molecule has 27 heavy (non-hydrogen) atoms. The van der Waals surface area contributed by atoms with Crippen molar-refractivity contribution in [3.05, 3.63) is 0 Å². The van der Waals surface area contributed by atoms with E-state index < -0.39 is 0 Å². The average Bonchev–Trinajstić information content (AvgIpc) is 3.21. The maximum Gasteiger partial charge on any atom is 0.239 e. The van der Waals surface area contributed by atoms with Crippen molar-refractivity contribution in [3.8, 4) is 0 Å². The normalized spacial score (nSPS) is 22.7. The van der Waals surface area contributed by atoms with Gasteiger partial charge < -0.3 is 20.0 Å². The molecule has 158 valence electrons. The fourth-order valence-corrected chi connectivity index (χ4v) is 4.06. The van der Waals surface area contributed by atoms with E-state index in [0.717, 1.165) is 84.8 Å². The standard InChI is InChI=1S/C18H33N5O2.2ClH/c1-16(18(25)23-7-2-3-8-23)21-14-12-20(13-15-21)9-4-17(24)22-10-5-19-6-11-22;;/h16,19H,2-15H2,1H3;2*1H. The number of hydrogen-bond acceptors (Lipinski definition) is 5. The highest BCUT2D eigenvalue weighted by molar-refractivity contribution is 5.85. The largest absolute Gasteiger partial charge is 0.341 e. The third kappa shape index (κ3) is 6.75. The molecule has 9 heteroatoms. The Bertz CT molecular complexity index is 463. The van der Waals surface area contributed by atoms with Crippen LogP contribution >= 0.6 is 24.8 Å². The van der Waals surface area contributed by atoms with Gasteiger partial charge in [-0.3, -0.25) is 14.5 Å². The van der Waals surface area contributed by atoms with Gasteiger partial charge in [-0.1, -0.05) is 0 Å².